The van der Waals surface area contributed by atoms with Crippen LogP contribution in [0.15, 0.2) is 60.8 Å². The Balaban J connectivity index is 1.33. The summed E-state index contributed by atoms with van der Waals surface area (Å²) in [6.07, 6.45) is 1.76. The van der Waals surface area contributed by atoms with E-state index in [-0.39, 0.29) is 10.6 Å². The van der Waals surface area contributed by atoms with Crippen LogP contribution in [0.3, 0.4) is 0 Å². The molecule has 5 rings (SSSR count). The van der Waals surface area contributed by atoms with Crippen molar-refractivity contribution in [1.29, 1.82) is 0 Å². The maximum Gasteiger partial charge on any atom is 0.258 e. The fourth-order valence-electron chi connectivity index (χ4n) is 4.00. The van der Waals surface area contributed by atoms with Gasteiger partial charge in [0.05, 0.1) is 16.5 Å². The average molecular weight is 569 g/mol. The minimum atomic E-state index is -1.33. The third-order valence-corrected chi connectivity index (χ3v) is 7.42. The molecule has 0 radical (unpaired) electrons. The lowest BCUT2D eigenvalue weighted by atomic mass is 10.1. The molecule has 2 aromatic heterocycles. The van der Waals surface area contributed by atoms with Crippen LogP contribution in [0, 0.1) is 5.92 Å². The maximum atomic E-state index is 13.0. The number of fused-ring (bicyclic) bond motifs is 1. The summed E-state index contributed by atoms with van der Waals surface area (Å²) in [5.41, 5.74) is 1.82. The van der Waals surface area contributed by atoms with E-state index in [4.69, 9.17) is 58.0 Å². The zero-order chi connectivity index (χ0) is 24.9. The molecule has 2 aromatic carbocycles. The predicted molar refractivity (Wildman–Crippen MR) is 141 cm³/mol. The number of alkyl halides is 2. The zero-order valence-electron chi connectivity index (χ0n) is 17.6. The van der Waals surface area contributed by atoms with Crippen LogP contribution in [0.1, 0.15) is 21.8 Å². The van der Waals surface area contributed by atoms with Crippen molar-refractivity contribution in [3.05, 3.63) is 87.0 Å². The van der Waals surface area contributed by atoms with Crippen molar-refractivity contribution in [2.75, 3.05) is 10.6 Å². The number of amides is 2. The number of benzene rings is 2. The van der Waals surface area contributed by atoms with Crippen molar-refractivity contribution < 1.29 is 9.59 Å². The van der Waals surface area contributed by atoms with E-state index in [0.717, 1.165) is 5.39 Å². The van der Waals surface area contributed by atoms with E-state index in [1.54, 1.807) is 36.5 Å². The average Bonchev–Trinajstić information content (AvgIpc) is 3.11. The summed E-state index contributed by atoms with van der Waals surface area (Å²) in [5.74, 6) is -1.78. The molecule has 6 nitrogen and oxygen atoms in total. The molecule has 2 heterocycles. The number of H-pyrrole nitrogens is 1. The number of halogens is 5. The Hall–Kier alpha value is -2.48. The van der Waals surface area contributed by atoms with Gasteiger partial charge in [0.15, 0.2) is 0 Å². The molecule has 11 heteroatoms. The lowest BCUT2D eigenvalue weighted by Gasteiger charge is -2.10. The second-order valence-corrected chi connectivity index (χ2v) is 10.8. The third kappa shape index (κ3) is 4.82. The van der Waals surface area contributed by atoms with Crippen LogP contribution in [0.25, 0.3) is 11.0 Å². The fourth-order valence-corrected chi connectivity index (χ4v) is 5.58. The van der Waals surface area contributed by atoms with E-state index >= 15 is 0 Å². The highest BCUT2D eigenvalue weighted by molar-refractivity contribution is 6.53. The molecule has 1 aliphatic rings. The van der Waals surface area contributed by atoms with E-state index in [2.05, 4.69) is 20.6 Å². The number of nitrogens with zero attached hydrogens (tertiary/aromatic N) is 1. The van der Waals surface area contributed by atoms with E-state index < -0.39 is 28.0 Å². The molecule has 35 heavy (non-hydrogen) atoms. The van der Waals surface area contributed by atoms with Crippen LogP contribution < -0.4 is 10.6 Å². The zero-order valence-corrected chi connectivity index (χ0v) is 21.4. The van der Waals surface area contributed by atoms with E-state index in [1.807, 2.05) is 12.1 Å². The quantitative estimate of drug-likeness (QED) is 0.221. The first-order valence-corrected chi connectivity index (χ1v) is 12.2. The number of aromatic nitrogens is 2. The van der Waals surface area contributed by atoms with Gasteiger partial charge < -0.3 is 15.6 Å². The number of hydrogen-bond donors (Lipinski definition) is 3. The highest BCUT2D eigenvalue weighted by Gasteiger charge is 2.67. The Bertz CT molecular complexity index is 1470. The molecule has 4 aromatic rings. The second-order valence-electron chi connectivity index (χ2n) is 8.08. The minimum absolute atomic E-state index is 0.162. The highest BCUT2D eigenvalue weighted by Crippen LogP contribution is 2.65. The van der Waals surface area contributed by atoms with Gasteiger partial charge in [0.25, 0.3) is 5.91 Å². The molecule has 1 aliphatic carbocycles. The summed E-state index contributed by atoms with van der Waals surface area (Å²) in [4.78, 5) is 33.2. The normalized spacial score (nSPS) is 18.3. The monoisotopic (exact) mass is 566 g/mol. The van der Waals surface area contributed by atoms with Gasteiger partial charge in [-0.15, -0.1) is 23.2 Å². The summed E-state index contributed by atoms with van der Waals surface area (Å²) < 4.78 is -1.33. The summed E-state index contributed by atoms with van der Waals surface area (Å²) in [6, 6.07) is 14.9. The highest BCUT2D eigenvalue weighted by atomic mass is 35.5. The second kappa shape index (κ2) is 9.19. The summed E-state index contributed by atoms with van der Waals surface area (Å²) in [6.45, 7) is 0. The molecule has 0 saturated heterocycles. The van der Waals surface area contributed by atoms with Crippen LogP contribution in [-0.4, -0.2) is 26.1 Å². The van der Waals surface area contributed by atoms with Gasteiger partial charge in [0.2, 0.25) is 5.91 Å². The molecular formula is C24H15Cl5N4O2. The maximum absolute atomic E-state index is 13.0. The summed E-state index contributed by atoms with van der Waals surface area (Å²) in [7, 11) is 0. The van der Waals surface area contributed by atoms with Crippen molar-refractivity contribution in [1.82, 2.24) is 9.97 Å². The Morgan fingerprint density at radius 2 is 1.66 bits per heavy atom. The molecule has 0 aliphatic heterocycles. The van der Waals surface area contributed by atoms with Gasteiger partial charge in [-0.05, 0) is 60.2 Å². The fraction of sp³-hybridized carbons (Fsp3) is 0.125. The number of anilines is 2. The third-order valence-electron chi connectivity index (χ3n) is 5.71. The van der Waals surface area contributed by atoms with Gasteiger partial charge >= 0.3 is 0 Å². The molecule has 2 atom stereocenters. The van der Waals surface area contributed by atoms with E-state index in [0.29, 0.717) is 32.8 Å². The molecule has 0 spiro atoms. The molecule has 2 amide bonds. The molecular weight excluding hydrogens is 554 g/mol. The Morgan fingerprint density at radius 3 is 2.40 bits per heavy atom. The van der Waals surface area contributed by atoms with E-state index in [9.17, 15) is 9.59 Å². The topological polar surface area (TPSA) is 86.9 Å². The minimum Gasteiger partial charge on any atom is -0.346 e. The SMILES string of the molecule is O=C(Nc1ccc2cc[nH]c2n1)c1cc(NC(=O)C2C(c3cc(Cl)cc(Cl)c3)C2(Cl)Cl)ccc1Cl. The van der Waals surface area contributed by atoms with Crippen molar-refractivity contribution in [3.63, 3.8) is 0 Å². The van der Waals surface area contributed by atoms with Gasteiger partial charge in [0, 0.05) is 33.2 Å². The molecule has 178 valence electrons. The smallest absolute Gasteiger partial charge is 0.258 e. The van der Waals surface area contributed by atoms with Crippen molar-refractivity contribution in [2.24, 2.45) is 5.92 Å². The van der Waals surface area contributed by atoms with Gasteiger partial charge in [0.1, 0.15) is 15.8 Å². The first kappa shape index (κ1) is 24.2. The van der Waals surface area contributed by atoms with Crippen LogP contribution in [0.5, 0.6) is 0 Å². The number of rotatable bonds is 5. The van der Waals surface area contributed by atoms with Crippen LogP contribution in [-0.2, 0) is 4.79 Å². The predicted octanol–water partition coefficient (Wildman–Crippen LogP) is 7.30. The van der Waals surface area contributed by atoms with Gasteiger partial charge in [-0.3, -0.25) is 9.59 Å². The van der Waals surface area contributed by atoms with Crippen LogP contribution in [0.2, 0.25) is 15.1 Å². The van der Waals surface area contributed by atoms with Gasteiger partial charge in [-0.2, -0.15) is 0 Å². The standard InChI is InChI=1S/C24H15Cl5N4O2/c25-13-7-12(8-14(26)9-13)19-20(24(19,28)29)23(35)31-15-2-3-17(27)16(10-15)22(34)33-18-4-1-11-5-6-30-21(11)32-18/h1-10,19-20H,(H,31,35)(H2,30,32,33,34). The number of carbonyl (C=O) groups excluding carboxylic acids is 2. The van der Waals surface area contributed by atoms with E-state index in [1.165, 1.54) is 12.1 Å². The Morgan fingerprint density at radius 1 is 0.914 bits per heavy atom. The van der Waals surface area contributed by atoms with Crippen molar-refractivity contribution >= 4 is 92.4 Å². The molecule has 2 unspecified atom stereocenters. The largest absolute Gasteiger partial charge is 0.346 e. The number of aromatic amines is 1. The molecule has 1 fully saturated rings. The number of carbonyl (C=O) groups is 2. The number of hydrogen-bond acceptors (Lipinski definition) is 3. The van der Waals surface area contributed by atoms with Gasteiger partial charge in [-0.1, -0.05) is 34.8 Å². The molecule has 3 N–H and O–H groups in total. The van der Waals surface area contributed by atoms with Crippen molar-refractivity contribution in [3.8, 4) is 0 Å². The first-order chi connectivity index (χ1) is 16.6. The lowest BCUT2D eigenvalue weighted by molar-refractivity contribution is -0.117. The Kier molecular flexibility index (Phi) is 6.36. The number of pyridine rings is 1. The summed E-state index contributed by atoms with van der Waals surface area (Å²) >= 11 is 31.3. The summed E-state index contributed by atoms with van der Waals surface area (Å²) in [5, 5.41) is 7.44. The Labute approximate surface area is 224 Å². The van der Waals surface area contributed by atoms with Gasteiger partial charge in [-0.25, -0.2) is 4.98 Å². The number of nitrogens with one attached hydrogen (secondary N) is 3. The van der Waals surface area contributed by atoms with Crippen molar-refractivity contribution in [2.45, 2.75) is 10.3 Å². The van der Waals surface area contributed by atoms with Crippen LogP contribution >= 0.6 is 58.0 Å². The first-order valence-electron chi connectivity index (χ1n) is 10.3. The van der Waals surface area contributed by atoms with Crippen LogP contribution in [0.4, 0.5) is 11.5 Å². The lowest BCUT2D eigenvalue weighted by Crippen LogP contribution is -2.18. The molecule has 1 saturated carbocycles. The molecule has 0 bridgehead atoms.